The van der Waals surface area contributed by atoms with Crippen LogP contribution in [-0.4, -0.2) is 26.7 Å². The number of hydrogen-bond donors (Lipinski definition) is 1. The van der Waals surface area contributed by atoms with E-state index >= 15 is 0 Å². The molecule has 38 heavy (non-hydrogen) atoms. The van der Waals surface area contributed by atoms with Crippen molar-refractivity contribution in [3.8, 4) is 33.7 Å². The summed E-state index contributed by atoms with van der Waals surface area (Å²) in [7, 11) is 0. The average Bonchev–Trinajstić information content (AvgIpc) is 3.24. The molecule has 5 aromatic rings. The normalized spacial score (nSPS) is 11.7. The molecule has 0 atom stereocenters. The van der Waals surface area contributed by atoms with E-state index in [4.69, 9.17) is 4.74 Å². The Balaban J connectivity index is 1.75. The van der Waals surface area contributed by atoms with Gasteiger partial charge in [-0.05, 0) is 77.9 Å². The first-order valence-electron chi connectivity index (χ1n) is 12.8. The van der Waals surface area contributed by atoms with Gasteiger partial charge in [-0.2, -0.15) is 0 Å². The molecule has 0 fully saturated rings. The molecular weight excluding hydrogens is 472 g/mol. The van der Waals surface area contributed by atoms with Crippen LogP contribution in [0.25, 0.3) is 38.8 Å². The van der Waals surface area contributed by atoms with Gasteiger partial charge >= 0.3 is 5.97 Å². The molecule has 2 heterocycles. The van der Waals surface area contributed by atoms with Crippen LogP contribution < -0.4 is 4.74 Å². The first-order valence-corrected chi connectivity index (χ1v) is 12.8. The van der Waals surface area contributed by atoms with Gasteiger partial charge in [0.1, 0.15) is 11.4 Å². The molecule has 5 nitrogen and oxygen atoms in total. The first-order chi connectivity index (χ1) is 18.1. The number of carbonyl (C=O) groups is 1. The maximum absolute atomic E-state index is 12.8. The summed E-state index contributed by atoms with van der Waals surface area (Å²) in [5.74, 6) is -0.255. The molecule has 3 aromatic carbocycles. The van der Waals surface area contributed by atoms with E-state index in [0.717, 1.165) is 33.3 Å². The number of rotatable bonds is 6. The van der Waals surface area contributed by atoms with Crippen LogP contribution in [0.2, 0.25) is 0 Å². The van der Waals surface area contributed by atoms with E-state index in [1.807, 2.05) is 56.3 Å². The summed E-state index contributed by atoms with van der Waals surface area (Å²) in [4.78, 5) is 17.0. The summed E-state index contributed by atoms with van der Waals surface area (Å²) in [6.07, 6.45) is 3.42. The second-order valence-corrected chi connectivity index (χ2v) is 10.8. The molecule has 0 spiro atoms. The quantitative estimate of drug-likeness (QED) is 0.253. The van der Waals surface area contributed by atoms with E-state index in [9.17, 15) is 9.90 Å². The van der Waals surface area contributed by atoms with E-state index in [0.29, 0.717) is 11.3 Å². The van der Waals surface area contributed by atoms with Gasteiger partial charge in [0.2, 0.25) is 0 Å². The Labute approximate surface area is 223 Å². The third-order valence-electron chi connectivity index (χ3n) is 6.67. The summed E-state index contributed by atoms with van der Waals surface area (Å²) in [5.41, 5.74) is 6.63. The Hall–Kier alpha value is -4.38. The fourth-order valence-electron chi connectivity index (χ4n) is 4.85. The van der Waals surface area contributed by atoms with Crippen molar-refractivity contribution in [2.24, 2.45) is 0 Å². The molecule has 0 aliphatic carbocycles. The van der Waals surface area contributed by atoms with Crippen molar-refractivity contribution in [1.82, 2.24) is 9.55 Å². The molecule has 5 heteroatoms. The van der Waals surface area contributed by atoms with Gasteiger partial charge in [-0.1, -0.05) is 63.2 Å². The largest absolute Gasteiger partial charge is 0.491 e. The predicted octanol–water partition coefficient (Wildman–Crippen LogP) is 8.14. The molecular formula is C33H32N2O3. The second-order valence-electron chi connectivity index (χ2n) is 10.8. The molecule has 0 saturated heterocycles. The summed E-state index contributed by atoms with van der Waals surface area (Å²) < 4.78 is 7.61. The Morgan fingerprint density at radius 2 is 1.55 bits per heavy atom. The van der Waals surface area contributed by atoms with E-state index < -0.39 is 5.97 Å². The zero-order chi connectivity index (χ0) is 27.0. The maximum Gasteiger partial charge on any atom is 0.353 e. The third kappa shape index (κ3) is 4.80. The maximum atomic E-state index is 12.8. The highest BCUT2D eigenvalue weighted by molar-refractivity contribution is 6.10. The van der Waals surface area contributed by atoms with Gasteiger partial charge in [-0.3, -0.25) is 4.98 Å². The molecule has 5 rings (SSSR count). The molecule has 0 aliphatic heterocycles. The molecule has 1 N–H and O–H groups in total. The van der Waals surface area contributed by atoms with Gasteiger partial charge in [0.15, 0.2) is 0 Å². The van der Waals surface area contributed by atoms with Crippen molar-refractivity contribution in [1.29, 1.82) is 0 Å². The lowest BCUT2D eigenvalue weighted by molar-refractivity contribution is 0.0689. The smallest absolute Gasteiger partial charge is 0.353 e. The minimum atomic E-state index is -1.00. The SMILES string of the molecule is CC(C)Oc1ccc(-c2c(C(=O)O)n(-c3cccnc3)c3ccc(-c4ccc(C(C)(C)C)cc4)cc23)cc1. The number of fused-ring (bicyclic) bond motifs is 1. The Bertz CT molecular complexity index is 1590. The van der Waals surface area contributed by atoms with Gasteiger partial charge in [0, 0.05) is 17.1 Å². The van der Waals surface area contributed by atoms with Crippen LogP contribution in [0, 0.1) is 0 Å². The number of carboxylic acids is 1. The van der Waals surface area contributed by atoms with Crippen molar-refractivity contribution >= 4 is 16.9 Å². The molecule has 192 valence electrons. The van der Waals surface area contributed by atoms with Gasteiger partial charge in [-0.15, -0.1) is 0 Å². The lowest BCUT2D eigenvalue weighted by Gasteiger charge is -2.19. The number of benzene rings is 3. The summed E-state index contributed by atoms with van der Waals surface area (Å²) >= 11 is 0. The van der Waals surface area contributed by atoms with Crippen molar-refractivity contribution in [2.75, 3.05) is 0 Å². The highest BCUT2D eigenvalue weighted by atomic mass is 16.5. The number of carboxylic acid groups (broad SMARTS) is 1. The van der Waals surface area contributed by atoms with Gasteiger partial charge in [0.25, 0.3) is 0 Å². The zero-order valence-electron chi connectivity index (χ0n) is 22.4. The van der Waals surface area contributed by atoms with E-state index in [1.54, 1.807) is 17.0 Å². The van der Waals surface area contributed by atoms with Gasteiger partial charge in [0.05, 0.1) is 23.5 Å². The van der Waals surface area contributed by atoms with Crippen LogP contribution in [0.15, 0.2) is 91.3 Å². The van der Waals surface area contributed by atoms with Crippen LogP contribution >= 0.6 is 0 Å². The summed E-state index contributed by atoms with van der Waals surface area (Å²) in [6.45, 7) is 10.6. The zero-order valence-corrected chi connectivity index (χ0v) is 22.4. The van der Waals surface area contributed by atoms with Crippen LogP contribution in [0.1, 0.15) is 50.7 Å². The number of nitrogens with zero attached hydrogens (tertiary/aromatic N) is 2. The Morgan fingerprint density at radius 1 is 0.895 bits per heavy atom. The van der Waals surface area contributed by atoms with E-state index in [2.05, 4.69) is 62.2 Å². The molecule has 0 radical (unpaired) electrons. The minimum absolute atomic E-state index is 0.0511. The first kappa shape index (κ1) is 25.3. The number of aromatic carboxylic acids is 1. The van der Waals surface area contributed by atoms with Crippen molar-refractivity contribution in [2.45, 2.75) is 46.1 Å². The molecule has 0 bridgehead atoms. The van der Waals surface area contributed by atoms with Crippen molar-refractivity contribution in [3.63, 3.8) is 0 Å². The van der Waals surface area contributed by atoms with Crippen LogP contribution in [-0.2, 0) is 5.41 Å². The standard InChI is InChI=1S/C33H32N2O3/c1-21(2)38-27-15-10-23(11-16-27)30-28-19-24(22-8-13-25(14-9-22)33(3,4)5)12-17-29(28)35(31(30)32(36)37)26-7-6-18-34-20-26/h6-21H,1-5H3,(H,36,37). The molecule has 0 unspecified atom stereocenters. The van der Waals surface area contributed by atoms with Crippen LogP contribution in [0.4, 0.5) is 0 Å². The fourth-order valence-corrected chi connectivity index (χ4v) is 4.85. The second kappa shape index (κ2) is 9.82. The number of hydrogen-bond acceptors (Lipinski definition) is 3. The Morgan fingerprint density at radius 3 is 2.13 bits per heavy atom. The van der Waals surface area contributed by atoms with Crippen molar-refractivity contribution in [3.05, 3.63) is 103 Å². The average molecular weight is 505 g/mol. The number of ether oxygens (including phenoxy) is 1. The molecule has 0 saturated carbocycles. The summed E-state index contributed by atoms with van der Waals surface area (Å²) in [6, 6.07) is 26.1. The van der Waals surface area contributed by atoms with Crippen LogP contribution in [0.5, 0.6) is 5.75 Å². The highest BCUT2D eigenvalue weighted by Crippen LogP contribution is 2.40. The predicted molar refractivity (Wildman–Crippen MR) is 153 cm³/mol. The van der Waals surface area contributed by atoms with Crippen molar-refractivity contribution < 1.29 is 14.6 Å². The monoisotopic (exact) mass is 504 g/mol. The lowest BCUT2D eigenvalue weighted by atomic mass is 9.86. The number of pyridine rings is 1. The Kier molecular flexibility index (Phi) is 6.53. The summed E-state index contributed by atoms with van der Waals surface area (Å²) in [5, 5.41) is 11.3. The third-order valence-corrected chi connectivity index (χ3v) is 6.67. The molecule has 2 aromatic heterocycles. The lowest BCUT2D eigenvalue weighted by Crippen LogP contribution is -2.10. The minimum Gasteiger partial charge on any atom is -0.491 e. The van der Waals surface area contributed by atoms with Gasteiger partial charge < -0.3 is 14.4 Å². The molecule has 0 amide bonds. The van der Waals surface area contributed by atoms with Crippen LogP contribution in [0.3, 0.4) is 0 Å². The van der Waals surface area contributed by atoms with Gasteiger partial charge in [-0.25, -0.2) is 4.79 Å². The number of aromatic nitrogens is 2. The molecule has 0 aliphatic rings. The fraction of sp³-hybridized carbons (Fsp3) is 0.212. The highest BCUT2D eigenvalue weighted by Gasteiger charge is 2.25. The van der Waals surface area contributed by atoms with E-state index in [1.165, 1.54) is 5.56 Å². The van der Waals surface area contributed by atoms with E-state index in [-0.39, 0.29) is 17.2 Å². The topological polar surface area (TPSA) is 64.3 Å².